The molecule has 0 radical (unpaired) electrons. The van der Waals surface area contributed by atoms with Gasteiger partial charge in [-0.05, 0) is 23.6 Å². The van der Waals surface area contributed by atoms with Crippen LogP contribution >= 0.6 is 22.9 Å². The van der Waals surface area contributed by atoms with Crippen molar-refractivity contribution in [2.75, 3.05) is 31.1 Å². The van der Waals surface area contributed by atoms with Gasteiger partial charge in [-0.1, -0.05) is 23.7 Å². The fourth-order valence-electron chi connectivity index (χ4n) is 3.70. The van der Waals surface area contributed by atoms with Crippen LogP contribution in [0.4, 0.5) is 5.82 Å². The van der Waals surface area contributed by atoms with E-state index in [1.807, 2.05) is 24.4 Å². The van der Waals surface area contributed by atoms with Gasteiger partial charge in [0.15, 0.2) is 0 Å². The van der Waals surface area contributed by atoms with Gasteiger partial charge in [0.1, 0.15) is 17.0 Å². The molecule has 4 aromatic rings. The number of benzene rings is 1. The fraction of sp³-hybridized carbons (Fsp3) is 0.250. The van der Waals surface area contributed by atoms with Crippen LogP contribution in [0.2, 0.25) is 5.02 Å². The largest absolute Gasteiger partial charge is 0.353 e. The molecular formula is C20H18ClN5S. The van der Waals surface area contributed by atoms with Crippen molar-refractivity contribution in [1.29, 1.82) is 0 Å². The number of nitrogens with zero attached hydrogens (tertiary/aromatic N) is 5. The maximum absolute atomic E-state index is 6.51. The van der Waals surface area contributed by atoms with Crippen LogP contribution in [0.5, 0.6) is 0 Å². The normalized spacial score (nSPS) is 15.7. The molecule has 5 rings (SSSR count). The summed E-state index contributed by atoms with van der Waals surface area (Å²) in [5.74, 6) is 1.05. The Kier molecular flexibility index (Phi) is 4.39. The highest BCUT2D eigenvalue weighted by Gasteiger charge is 2.21. The Morgan fingerprint density at radius 1 is 1.00 bits per heavy atom. The number of hydrogen-bond acceptors (Lipinski definition) is 6. The Balaban J connectivity index is 1.34. The molecule has 0 unspecified atom stereocenters. The average Bonchev–Trinajstić information content (AvgIpc) is 3.20. The molecule has 0 amide bonds. The Morgan fingerprint density at radius 3 is 2.78 bits per heavy atom. The third-order valence-electron chi connectivity index (χ3n) is 5.12. The Morgan fingerprint density at radius 2 is 1.89 bits per heavy atom. The third kappa shape index (κ3) is 3.14. The Hall–Kier alpha value is -2.28. The summed E-state index contributed by atoms with van der Waals surface area (Å²) in [5, 5.41) is 5.15. The zero-order chi connectivity index (χ0) is 18.2. The number of hydrogen-bond donors (Lipinski definition) is 0. The predicted octanol–water partition coefficient (Wildman–Crippen LogP) is 4.22. The second-order valence-corrected chi connectivity index (χ2v) is 8.00. The third-order valence-corrected chi connectivity index (χ3v) is 6.29. The van der Waals surface area contributed by atoms with Gasteiger partial charge < -0.3 is 4.90 Å². The average molecular weight is 396 g/mol. The minimum absolute atomic E-state index is 0.791. The molecule has 1 aromatic carbocycles. The first kappa shape index (κ1) is 16.9. The van der Waals surface area contributed by atoms with Crippen molar-refractivity contribution in [2.24, 2.45) is 0 Å². The van der Waals surface area contributed by atoms with Crippen molar-refractivity contribution in [1.82, 2.24) is 19.9 Å². The van der Waals surface area contributed by atoms with Crippen LogP contribution in [0, 0.1) is 0 Å². The molecule has 3 aromatic heterocycles. The van der Waals surface area contributed by atoms with E-state index in [1.165, 1.54) is 0 Å². The number of aromatic nitrogens is 3. The molecule has 1 aliphatic rings. The number of rotatable bonds is 3. The maximum Gasteiger partial charge on any atom is 0.140 e. The fourth-order valence-corrected chi connectivity index (χ4v) is 4.64. The van der Waals surface area contributed by atoms with E-state index in [4.69, 9.17) is 11.6 Å². The Labute approximate surface area is 166 Å². The lowest BCUT2D eigenvalue weighted by atomic mass is 10.1. The molecule has 0 spiro atoms. The highest BCUT2D eigenvalue weighted by atomic mass is 35.5. The lowest BCUT2D eigenvalue weighted by Gasteiger charge is -2.35. The molecule has 1 saturated heterocycles. The molecule has 1 aliphatic heterocycles. The van der Waals surface area contributed by atoms with Crippen LogP contribution in [0.15, 0.2) is 48.2 Å². The molecule has 0 atom stereocenters. The van der Waals surface area contributed by atoms with Gasteiger partial charge in [0.25, 0.3) is 0 Å². The van der Waals surface area contributed by atoms with Crippen molar-refractivity contribution in [2.45, 2.75) is 6.54 Å². The van der Waals surface area contributed by atoms with E-state index < -0.39 is 0 Å². The molecule has 0 bridgehead atoms. The molecule has 5 nitrogen and oxygen atoms in total. The number of anilines is 1. The number of piperazine rings is 1. The second kappa shape index (κ2) is 7.03. The molecular weight excluding hydrogens is 378 g/mol. The van der Waals surface area contributed by atoms with Crippen molar-refractivity contribution < 1.29 is 0 Å². The lowest BCUT2D eigenvalue weighted by Crippen LogP contribution is -2.46. The van der Waals surface area contributed by atoms with Gasteiger partial charge in [-0.15, -0.1) is 11.3 Å². The van der Waals surface area contributed by atoms with Gasteiger partial charge >= 0.3 is 0 Å². The molecule has 136 valence electrons. The lowest BCUT2D eigenvalue weighted by molar-refractivity contribution is 0.250. The van der Waals surface area contributed by atoms with Crippen molar-refractivity contribution in [3.05, 3.63) is 58.8 Å². The van der Waals surface area contributed by atoms with Crippen molar-refractivity contribution in [3.8, 4) is 0 Å². The highest BCUT2D eigenvalue weighted by molar-refractivity contribution is 7.16. The molecule has 0 aliphatic carbocycles. The standard InChI is InChI=1S/C20H18ClN5S/c21-17-4-3-14-2-1-6-22-18(14)16(17)12-25-7-9-26(10-8-25)19-15-5-11-27-20(15)24-13-23-19/h1-6,11,13H,7-10,12H2. The van der Waals surface area contributed by atoms with Crippen LogP contribution in [0.25, 0.3) is 21.1 Å². The minimum atomic E-state index is 0.791. The smallest absolute Gasteiger partial charge is 0.140 e. The summed E-state index contributed by atoms with van der Waals surface area (Å²) in [7, 11) is 0. The van der Waals surface area contributed by atoms with E-state index >= 15 is 0 Å². The summed E-state index contributed by atoms with van der Waals surface area (Å²) in [6.07, 6.45) is 3.50. The van der Waals surface area contributed by atoms with Gasteiger partial charge in [-0.25, -0.2) is 9.97 Å². The summed E-state index contributed by atoms with van der Waals surface area (Å²) in [4.78, 5) is 19.3. The van der Waals surface area contributed by atoms with E-state index in [0.29, 0.717) is 0 Å². The van der Waals surface area contributed by atoms with Gasteiger partial charge in [-0.3, -0.25) is 9.88 Å². The summed E-state index contributed by atoms with van der Waals surface area (Å²) in [5.41, 5.74) is 2.12. The summed E-state index contributed by atoms with van der Waals surface area (Å²) >= 11 is 8.17. The number of fused-ring (bicyclic) bond motifs is 2. The van der Waals surface area contributed by atoms with Crippen molar-refractivity contribution >= 4 is 49.9 Å². The molecule has 4 heterocycles. The van der Waals surface area contributed by atoms with Crippen LogP contribution in [0.3, 0.4) is 0 Å². The second-order valence-electron chi connectivity index (χ2n) is 6.70. The van der Waals surface area contributed by atoms with E-state index in [-0.39, 0.29) is 0 Å². The van der Waals surface area contributed by atoms with Gasteiger partial charge in [-0.2, -0.15) is 0 Å². The monoisotopic (exact) mass is 395 g/mol. The van der Waals surface area contributed by atoms with E-state index in [1.54, 1.807) is 17.7 Å². The van der Waals surface area contributed by atoms with Gasteiger partial charge in [0, 0.05) is 54.9 Å². The van der Waals surface area contributed by atoms with E-state index in [0.717, 1.165) is 70.2 Å². The molecule has 27 heavy (non-hydrogen) atoms. The SMILES string of the molecule is Clc1ccc2cccnc2c1CN1CCN(c2ncnc3sccc23)CC1. The first-order valence-electron chi connectivity index (χ1n) is 8.97. The molecule has 1 fully saturated rings. The van der Waals surface area contributed by atoms with Crippen LogP contribution in [-0.2, 0) is 6.54 Å². The topological polar surface area (TPSA) is 45.2 Å². The number of thiophene rings is 1. The first-order chi connectivity index (χ1) is 13.3. The Bertz CT molecular complexity index is 1100. The summed E-state index contributed by atoms with van der Waals surface area (Å²) < 4.78 is 0. The quantitative estimate of drug-likeness (QED) is 0.519. The predicted molar refractivity (Wildman–Crippen MR) is 112 cm³/mol. The van der Waals surface area contributed by atoms with E-state index in [9.17, 15) is 0 Å². The zero-order valence-electron chi connectivity index (χ0n) is 14.7. The maximum atomic E-state index is 6.51. The number of halogens is 1. The first-order valence-corrected chi connectivity index (χ1v) is 10.2. The van der Waals surface area contributed by atoms with Gasteiger partial charge in [0.2, 0.25) is 0 Å². The molecule has 0 N–H and O–H groups in total. The highest BCUT2D eigenvalue weighted by Crippen LogP contribution is 2.29. The summed E-state index contributed by atoms with van der Waals surface area (Å²) in [6, 6.07) is 10.2. The van der Waals surface area contributed by atoms with E-state index in [2.05, 4.69) is 42.3 Å². The minimum Gasteiger partial charge on any atom is -0.353 e. The summed E-state index contributed by atoms with van der Waals surface area (Å²) in [6.45, 7) is 4.64. The zero-order valence-corrected chi connectivity index (χ0v) is 16.2. The molecule has 7 heteroatoms. The van der Waals surface area contributed by atoms with Crippen LogP contribution in [0.1, 0.15) is 5.56 Å². The van der Waals surface area contributed by atoms with Crippen molar-refractivity contribution in [3.63, 3.8) is 0 Å². The number of pyridine rings is 1. The van der Waals surface area contributed by atoms with Gasteiger partial charge in [0.05, 0.1) is 10.9 Å². The van der Waals surface area contributed by atoms with Crippen LogP contribution < -0.4 is 4.90 Å². The van der Waals surface area contributed by atoms with Crippen LogP contribution in [-0.4, -0.2) is 46.0 Å². The molecule has 0 saturated carbocycles.